The largest absolute Gasteiger partial charge is 0.390 e. The smallest absolute Gasteiger partial charge is 0.248 e. The second kappa shape index (κ2) is 11.7. The van der Waals surface area contributed by atoms with Crippen molar-refractivity contribution in [3.63, 3.8) is 0 Å². The van der Waals surface area contributed by atoms with Crippen LogP contribution in [0.1, 0.15) is 113 Å². The number of carbonyl (C=O) groups excluding carboxylic acids is 2. The van der Waals surface area contributed by atoms with Gasteiger partial charge in [0.1, 0.15) is 11.6 Å². The average Bonchev–Trinajstić information content (AvgIpc) is 3.58. The van der Waals surface area contributed by atoms with Gasteiger partial charge in [-0.2, -0.15) is 5.10 Å². The molecule has 2 saturated carbocycles. The van der Waals surface area contributed by atoms with E-state index in [4.69, 9.17) is 0 Å². The van der Waals surface area contributed by atoms with Crippen molar-refractivity contribution in [1.82, 2.24) is 25.3 Å². The Morgan fingerprint density at radius 3 is 2.24 bits per heavy atom. The van der Waals surface area contributed by atoms with Crippen molar-refractivity contribution in [3.8, 4) is 0 Å². The van der Waals surface area contributed by atoms with Gasteiger partial charge in [-0.15, -0.1) is 0 Å². The van der Waals surface area contributed by atoms with E-state index >= 15 is 0 Å². The van der Waals surface area contributed by atoms with Crippen molar-refractivity contribution in [2.75, 3.05) is 19.6 Å². The molecule has 2 aliphatic carbocycles. The Kier molecular flexibility index (Phi) is 8.48. The minimum Gasteiger partial charge on any atom is -0.390 e. The third-order valence-electron chi connectivity index (χ3n) is 10.3. The lowest BCUT2D eigenvalue weighted by molar-refractivity contribution is -0.166. The van der Waals surface area contributed by atoms with Gasteiger partial charge in [-0.05, 0) is 70.6 Å². The summed E-state index contributed by atoms with van der Waals surface area (Å²) in [5.74, 6) is 0.571. The summed E-state index contributed by atoms with van der Waals surface area (Å²) in [6.07, 6.45) is 12.6. The lowest BCUT2D eigenvalue weighted by Crippen LogP contribution is -2.75. The highest BCUT2D eigenvalue weighted by Gasteiger charge is 2.56. The van der Waals surface area contributed by atoms with Gasteiger partial charge in [-0.3, -0.25) is 19.6 Å². The van der Waals surface area contributed by atoms with Crippen LogP contribution in [0.2, 0.25) is 0 Å². The van der Waals surface area contributed by atoms with Crippen LogP contribution in [-0.2, 0) is 9.59 Å². The zero-order chi connectivity index (χ0) is 26.9. The number of hydrogen-bond acceptors (Lipinski definition) is 5. The molecule has 0 aromatic carbocycles. The number of unbranched alkanes of at least 4 members (excludes halogenated alkanes) is 1. The number of nitrogens with one attached hydrogen (secondary N) is 2. The Balaban J connectivity index is 1.37. The summed E-state index contributed by atoms with van der Waals surface area (Å²) in [6.45, 7) is 8.50. The number of likely N-dealkylation sites (tertiary alicyclic amines) is 1. The van der Waals surface area contributed by atoms with Gasteiger partial charge in [0.25, 0.3) is 0 Å². The third kappa shape index (κ3) is 5.03. The second-order valence-electron chi connectivity index (χ2n) is 12.6. The number of amides is 2. The number of piperidine rings is 1. The van der Waals surface area contributed by atoms with Gasteiger partial charge in [-0.25, -0.2) is 0 Å². The first-order chi connectivity index (χ1) is 18.4. The number of piperazine rings is 1. The first-order valence-corrected chi connectivity index (χ1v) is 15.4. The molecule has 2 amide bonds. The number of aryl methyl sites for hydroxylation is 2. The number of aliphatic hydroxyl groups is 1. The summed E-state index contributed by atoms with van der Waals surface area (Å²) in [4.78, 5) is 32.3. The molecule has 2 saturated heterocycles. The minimum atomic E-state index is -0.813. The van der Waals surface area contributed by atoms with Gasteiger partial charge >= 0.3 is 0 Å². The number of hydrogen-bond donors (Lipinski definition) is 3. The molecule has 3 heterocycles. The highest BCUT2D eigenvalue weighted by molar-refractivity contribution is 6.00. The van der Waals surface area contributed by atoms with Gasteiger partial charge in [0.2, 0.25) is 11.8 Å². The van der Waals surface area contributed by atoms with E-state index < -0.39 is 17.7 Å². The van der Waals surface area contributed by atoms with Crippen LogP contribution in [0.25, 0.3) is 0 Å². The Labute approximate surface area is 228 Å². The molecule has 8 heteroatoms. The zero-order valence-electron chi connectivity index (χ0n) is 23.8. The van der Waals surface area contributed by atoms with Crippen molar-refractivity contribution < 1.29 is 14.7 Å². The highest BCUT2D eigenvalue weighted by atomic mass is 16.3. The quantitative estimate of drug-likeness (QED) is 0.471. The molecule has 212 valence electrons. The monoisotopic (exact) mass is 527 g/mol. The maximum absolute atomic E-state index is 14.0. The normalized spacial score (nSPS) is 27.2. The fourth-order valence-corrected chi connectivity index (χ4v) is 8.11. The Morgan fingerprint density at radius 1 is 1.00 bits per heavy atom. The van der Waals surface area contributed by atoms with Crippen LogP contribution in [0.3, 0.4) is 0 Å². The molecule has 0 radical (unpaired) electrons. The summed E-state index contributed by atoms with van der Waals surface area (Å²) >= 11 is 0. The number of rotatable bonds is 8. The average molecular weight is 528 g/mol. The summed E-state index contributed by atoms with van der Waals surface area (Å²) in [6, 6.07) is -0.505. The van der Waals surface area contributed by atoms with E-state index in [0.717, 1.165) is 63.0 Å². The molecule has 2 aliphatic heterocycles. The third-order valence-corrected chi connectivity index (χ3v) is 10.3. The van der Waals surface area contributed by atoms with Crippen LogP contribution in [0.15, 0.2) is 0 Å². The minimum absolute atomic E-state index is 0.0548. The van der Waals surface area contributed by atoms with E-state index in [1.54, 1.807) is 0 Å². The lowest BCUT2D eigenvalue weighted by Gasteiger charge is -2.54. The van der Waals surface area contributed by atoms with E-state index in [9.17, 15) is 14.7 Å². The number of H-pyrrole nitrogens is 1. The molecular formula is C30H49N5O3. The first-order valence-electron chi connectivity index (χ1n) is 15.4. The van der Waals surface area contributed by atoms with Crippen LogP contribution in [0.4, 0.5) is 0 Å². The molecule has 1 spiro atoms. The van der Waals surface area contributed by atoms with Gasteiger partial charge < -0.3 is 15.3 Å². The summed E-state index contributed by atoms with van der Waals surface area (Å²) in [7, 11) is 0. The molecule has 4 fully saturated rings. The van der Waals surface area contributed by atoms with Crippen LogP contribution < -0.4 is 5.32 Å². The Hall–Kier alpha value is -1.93. The molecule has 38 heavy (non-hydrogen) atoms. The standard InChI is InChI=1S/C30H49N5O3/c1-4-5-17-35-28(37)25(27(36)23-13-7-6-8-14-23)31-29(38)30(35)15-18-34(19-16-30)26(22-11-9-10-12-22)24-20(2)32-33-21(24)3/h22-23,25-27,36H,4-19H2,1-3H3,(H,31,38)(H,32,33)/t25-,26?,27-/m1/s1. The fourth-order valence-electron chi connectivity index (χ4n) is 8.11. The zero-order valence-corrected chi connectivity index (χ0v) is 23.8. The summed E-state index contributed by atoms with van der Waals surface area (Å²) < 4.78 is 0. The second-order valence-corrected chi connectivity index (χ2v) is 12.6. The molecule has 1 aromatic rings. The lowest BCUT2D eigenvalue weighted by atomic mass is 9.77. The molecule has 4 aliphatic rings. The fraction of sp³-hybridized carbons (Fsp3) is 0.833. The van der Waals surface area contributed by atoms with Crippen LogP contribution >= 0.6 is 0 Å². The van der Waals surface area contributed by atoms with Crippen molar-refractivity contribution in [2.24, 2.45) is 11.8 Å². The maximum Gasteiger partial charge on any atom is 0.248 e. The summed E-state index contributed by atoms with van der Waals surface area (Å²) in [5.41, 5.74) is 2.74. The number of aromatic amines is 1. The molecular weight excluding hydrogens is 478 g/mol. The van der Waals surface area contributed by atoms with Gasteiger partial charge in [0.05, 0.1) is 11.8 Å². The van der Waals surface area contributed by atoms with Crippen LogP contribution in [-0.4, -0.2) is 74.2 Å². The Bertz CT molecular complexity index is 953. The van der Waals surface area contributed by atoms with Crippen molar-refractivity contribution in [2.45, 2.75) is 128 Å². The topological polar surface area (TPSA) is 102 Å². The predicted molar refractivity (Wildman–Crippen MR) is 147 cm³/mol. The SMILES string of the molecule is CCCCN1C(=O)[C@@H]([C@H](O)C2CCCCC2)NC(=O)C12CCN(C(c1c(C)n[nH]c1C)C1CCCC1)CC2. The van der Waals surface area contributed by atoms with Crippen molar-refractivity contribution in [3.05, 3.63) is 17.0 Å². The van der Waals surface area contributed by atoms with Crippen molar-refractivity contribution >= 4 is 11.8 Å². The molecule has 3 N–H and O–H groups in total. The molecule has 1 aromatic heterocycles. The molecule has 8 nitrogen and oxygen atoms in total. The van der Waals surface area contributed by atoms with E-state index in [1.807, 2.05) is 4.90 Å². The predicted octanol–water partition coefficient (Wildman–Crippen LogP) is 4.16. The first kappa shape index (κ1) is 27.6. The number of nitrogens with zero attached hydrogens (tertiary/aromatic N) is 3. The van der Waals surface area contributed by atoms with Crippen LogP contribution in [0, 0.1) is 25.7 Å². The highest BCUT2D eigenvalue weighted by Crippen LogP contribution is 2.44. The number of aromatic nitrogens is 2. The number of aliphatic hydroxyl groups excluding tert-OH is 1. The van der Waals surface area contributed by atoms with Gasteiger partial charge in [-0.1, -0.05) is 45.4 Å². The number of carbonyl (C=O) groups is 2. The van der Waals surface area contributed by atoms with Gasteiger partial charge in [0, 0.05) is 36.9 Å². The maximum atomic E-state index is 14.0. The molecule has 0 bridgehead atoms. The Morgan fingerprint density at radius 2 is 1.63 bits per heavy atom. The van der Waals surface area contributed by atoms with Gasteiger partial charge in [0.15, 0.2) is 0 Å². The van der Waals surface area contributed by atoms with Crippen LogP contribution in [0.5, 0.6) is 0 Å². The van der Waals surface area contributed by atoms with E-state index in [-0.39, 0.29) is 17.7 Å². The van der Waals surface area contributed by atoms with E-state index in [0.29, 0.717) is 31.3 Å². The van der Waals surface area contributed by atoms with E-state index in [1.165, 1.54) is 37.7 Å². The molecule has 1 unspecified atom stereocenters. The summed E-state index contributed by atoms with van der Waals surface area (Å²) in [5, 5.41) is 22.0. The van der Waals surface area contributed by atoms with E-state index in [2.05, 4.69) is 41.2 Å². The molecule has 5 rings (SSSR count). The molecule has 3 atom stereocenters. The van der Waals surface area contributed by atoms with Crippen molar-refractivity contribution in [1.29, 1.82) is 0 Å².